The van der Waals surface area contributed by atoms with Crippen LogP contribution in [0.5, 0.6) is 0 Å². The van der Waals surface area contributed by atoms with Gasteiger partial charge in [-0.3, -0.25) is 14.4 Å². The van der Waals surface area contributed by atoms with Gasteiger partial charge in [0.25, 0.3) is 5.91 Å². The molecule has 3 aromatic rings. The van der Waals surface area contributed by atoms with E-state index in [1.807, 2.05) is 77.0 Å². The third kappa shape index (κ3) is 7.26. The molecule has 0 spiro atoms. The highest BCUT2D eigenvalue weighted by Gasteiger charge is 2.30. The van der Waals surface area contributed by atoms with Gasteiger partial charge in [0.1, 0.15) is 6.04 Å². The first kappa shape index (κ1) is 24.7. The van der Waals surface area contributed by atoms with Gasteiger partial charge < -0.3 is 15.5 Å². The van der Waals surface area contributed by atoms with Crippen LogP contribution in [0, 0.1) is 0 Å². The summed E-state index contributed by atoms with van der Waals surface area (Å²) in [6.45, 7) is 1.12. The van der Waals surface area contributed by atoms with Crippen LogP contribution in [-0.4, -0.2) is 47.8 Å². The molecule has 3 amide bonds. The van der Waals surface area contributed by atoms with E-state index in [2.05, 4.69) is 10.6 Å². The molecule has 1 atom stereocenters. The van der Waals surface area contributed by atoms with Gasteiger partial charge in [0.05, 0.1) is 4.88 Å². The van der Waals surface area contributed by atoms with Crippen molar-refractivity contribution >= 4 is 29.1 Å². The standard InChI is InChI=1S/C28H31N3O3S/c32-26(14-13-21-8-3-1-4-9-21)29-23-15-17-31(18-16-23)28(34)24(20-22-10-5-2-6-11-22)30-27(33)25-12-7-19-35-25/h1-12,19,23-24H,13-18,20H2,(H,29,32)(H,30,33). The lowest BCUT2D eigenvalue weighted by Crippen LogP contribution is -2.53. The number of nitrogens with zero attached hydrogens (tertiary/aromatic N) is 1. The first-order valence-electron chi connectivity index (χ1n) is 12.1. The van der Waals surface area contributed by atoms with E-state index in [0.717, 1.165) is 17.5 Å². The average Bonchev–Trinajstić information content (AvgIpc) is 3.44. The molecule has 1 aliphatic heterocycles. The van der Waals surface area contributed by atoms with Crippen molar-refractivity contribution in [1.82, 2.24) is 15.5 Å². The van der Waals surface area contributed by atoms with E-state index in [4.69, 9.17) is 0 Å². The molecule has 2 heterocycles. The number of hydrogen-bond donors (Lipinski definition) is 2. The Balaban J connectivity index is 1.30. The number of amides is 3. The zero-order chi connectivity index (χ0) is 24.5. The molecule has 1 unspecified atom stereocenters. The summed E-state index contributed by atoms with van der Waals surface area (Å²) in [6.07, 6.45) is 3.03. The van der Waals surface area contributed by atoms with Crippen molar-refractivity contribution in [1.29, 1.82) is 0 Å². The largest absolute Gasteiger partial charge is 0.353 e. The third-order valence-electron chi connectivity index (χ3n) is 6.29. The molecule has 7 heteroatoms. The number of nitrogens with one attached hydrogen (secondary N) is 2. The number of benzene rings is 2. The predicted octanol–water partition coefficient (Wildman–Crippen LogP) is 3.83. The zero-order valence-corrected chi connectivity index (χ0v) is 20.5. The van der Waals surface area contributed by atoms with Crippen molar-refractivity contribution < 1.29 is 14.4 Å². The number of carbonyl (C=O) groups excluding carboxylic acids is 3. The molecule has 1 saturated heterocycles. The maximum Gasteiger partial charge on any atom is 0.262 e. The van der Waals surface area contributed by atoms with E-state index >= 15 is 0 Å². The SMILES string of the molecule is O=C(CCc1ccccc1)NC1CCN(C(=O)C(Cc2ccccc2)NC(=O)c2cccs2)CC1. The van der Waals surface area contributed by atoms with Crippen molar-refractivity contribution in [3.63, 3.8) is 0 Å². The minimum atomic E-state index is -0.635. The van der Waals surface area contributed by atoms with Gasteiger partial charge in [0, 0.05) is 32.0 Å². The summed E-state index contributed by atoms with van der Waals surface area (Å²) in [6, 6.07) is 22.7. The van der Waals surface area contributed by atoms with Crippen molar-refractivity contribution in [3.8, 4) is 0 Å². The quantitative estimate of drug-likeness (QED) is 0.480. The highest BCUT2D eigenvalue weighted by atomic mass is 32.1. The van der Waals surface area contributed by atoms with E-state index in [0.29, 0.717) is 43.6 Å². The van der Waals surface area contributed by atoms with Crippen LogP contribution in [0.25, 0.3) is 0 Å². The molecule has 35 heavy (non-hydrogen) atoms. The maximum absolute atomic E-state index is 13.4. The van der Waals surface area contributed by atoms with Crippen LogP contribution in [0.4, 0.5) is 0 Å². The number of hydrogen-bond acceptors (Lipinski definition) is 4. The molecular weight excluding hydrogens is 458 g/mol. The molecule has 1 fully saturated rings. The first-order valence-corrected chi connectivity index (χ1v) is 13.0. The van der Waals surface area contributed by atoms with E-state index in [-0.39, 0.29) is 23.8 Å². The Bertz CT molecular complexity index is 1100. The molecule has 0 bridgehead atoms. The minimum absolute atomic E-state index is 0.0452. The Kier molecular flexibility index (Phi) is 8.68. The molecule has 1 aromatic heterocycles. The summed E-state index contributed by atoms with van der Waals surface area (Å²) in [4.78, 5) is 40.9. The van der Waals surface area contributed by atoms with Crippen LogP contribution in [0.1, 0.15) is 40.1 Å². The number of likely N-dealkylation sites (tertiary alicyclic amines) is 1. The molecule has 1 aliphatic rings. The van der Waals surface area contributed by atoms with E-state index in [9.17, 15) is 14.4 Å². The Morgan fingerprint density at radius 1 is 0.886 bits per heavy atom. The second-order valence-electron chi connectivity index (χ2n) is 8.85. The lowest BCUT2D eigenvalue weighted by molar-refractivity contribution is -0.134. The Morgan fingerprint density at radius 3 is 2.17 bits per heavy atom. The number of carbonyl (C=O) groups is 3. The van der Waals surface area contributed by atoms with Crippen LogP contribution < -0.4 is 10.6 Å². The lowest BCUT2D eigenvalue weighted by atomic mass is 10.0. The minimum Gasteiger partial charge on any atom is -0.353 e. The fourth-order valence-electron chi connectivity index (χ4n) is 4.35. The molecule has 2 aromatic carbocycles. The fraction of sp³-hybridized carbons (Fsp3) is 0.321. The molecular formula is C28H31N3O3S. The topological polar surface area (TPSA) is 78.5 Å². The van der Waals surface area contributed by atoms with Crippen LogP contribution in [-0.2, 0) is 22.4 Å². The predicted molar refractivity (Wildman–Crippen MR) is 138 cm³/mol. The van der Waals surface area contributed by atoms with Gasteiger partial charge in [-0.25, -0.2) is 0 Å². The first-order chi connectivity index (χ1) is 17.1. The third-order valence-corrected chi connectivity index (χ3v) is 7.15. The van der Waals surface area contributed by atoms with Crippen LogP contribution in [0.3, 0.4) is 0 Å². The molecule has 182 valence electrons. The second kappa shape index (κ2) is 12.3. The highest BCUT2D eigenvalue weighted by Crippen LogP contribution is 2.16. The number of rotatable bonds is 9. The van der Waals surface area contributed by atoms with Gasteiger partial charge in [-0.15, -0.1) is 11.3 Å². The Labute approximate surface area is 210 Å². The highest BCUT2D eigenvalue weighted by molar-refractivity contribution is 7.12. The molecule has 4 rings (SSSR count). The van der Waals surface area contributed by atoms with Gasteiger partial charge in [0.15, 0.2) is 0 Å². The van der Waals surface area contributed by atoms with Crippen LogP contribution >= 0.6 is 11.3 Å². The summed E-state index contributed by atoms with van der Waals surface area (Å²) in [5.74, 6) is -0.258. The molecule has 0 aliphatic carbocycles. The molecule has 2 N–H and O–H groups in total. The lowest BCUT2D eigenvalue weighted by Gasteiger charge is -2.34. The van der Waals surface area contributed by atoms with Crippen molar-refractivity contribution in [2.45, 2.75) is 44.2 Å². The van der Waals surface area contributed by atoms with Gasteiger partial charge in [-0.2, -0.15) is 0 Å². The second-order valence-corrected chi connectivity index (χ2v) is 9.79. The number of thiophene rings is 1. The molecule has 0 radical (unpaired) electrons. The summed E-state index contributed by atoms with van der Waals surface area (Å²) in [5, 5.41) is 7.92. The number of piperidine rings is 1. The van der Waals surface area contributed by atoms with Gasteiger partial charge >= 0.3 is 0 Å². The van der Waals surface area contributed by atoms with Crippen molar-refractivity contribution in [3.05, 3.63) is 94.2 Å². The van der Waals surface area contributed by atoms with Gasteiger partial charge in [-0.05, 0) is 41.8 Å². The number of aryl methyl sites for hydroxylation is 1. The summed E-state index contributed by atoms with van der Waals surface area (Å²) >= 11 is 1.36. The van der Waals surface area contributed by atoms with Gasteiger partial charge in [0.2, 0.25) is 11.8 Å². The molecule has 0 saturated carbocycles. The van der Waals surface area contributed by atoms with E-state index in [1.165, 1.54) is 11.3 Å². The summed E-state index contributed by atoms with van der Waals surface area (Å²) in [5.41, 5.74) is 2.15. The average molecular weight is 490 g/mol. The maximum atomic E-state index is 13.4. The van der Waals surface area contributed by atoms with Gasteiger partial charge in [-0.1, -0.05) is 66.7 Å². The van der Waals surface area contributed by atoms with Crippen molar-refractivity contribution in [2.75, 3.05) is 13.1 Å². The van der Waals surface area contributed by atoms with E-state index < -0.39 is 6.04 Å². The smallest absolute Gasteiger partial charge is 0.262 e. The fourth-order valence-corrected chi connectivity index (χ4v) is 4.98. The molecule has 6 nitrogen and oxygen atoms in total. The Hall–Kier alpha value is -3.45. The summed E-state index contributed by atoms with van der Waals surface area (Å²) < 4.78 is 0. The van der Waals surface area contributed by atoms with E-state index in [1.54, 1.807) is 6.07 Å². The monoisotopic (exact) mass is 489 g/mol. The normalized spacial score (nSPS) is 14.8. The van der Waals surface area contributed by atoms with Crippen LogP contribution in [0.15, 0.2) is 78.2 Å². The van der Waals surface area contributed by atoms with Crippen LogP contribution in [0.2, 0.25) is 0 Å². The Morgan fingerprint density at radius 2 is 1.54 bits per heavy atom. The van der Waals surface area contributed by atoms with Crippen molar-refractivity contribution in [2.24, 2.45) is 0 Å². The zero-order valence-electron chi connectivity index (χ0n) is 19.7. The summed E-state index contributed by atoms with van der Waals surface area (Å²) in [7, 11) is 0.